The van der Waals surface area contributed by atoms with Crippen molar-refractivity contribution >= 4 is 28.5 Å². The summed E-state index contributed by atoms with van der Waals surface area (Å²) in [7, 11) is 0. The summed E-state index contributed by atoms with van der Waals surface area (Å²) in [6, 6.07) is 3.73. The molecule has 0 amide bonds. The summed E-state index contributed by atoms with van der Waals surface area (Å²) in [5.74, 6) is 0.703. The number of rotatable bonds is 3. The van der Waals surface area contributed by atoms with E-state index in [2.05, 4.69) is 14.9 Å². The number of halogens is 1. The molecule has 9 heteroatoms. The SMILES string of the molecule is Cc1nc(N2CCC3(CC2)CO[C@@H](O)C3)c(CO)nc1-c1ccc2nccnc2c1Cl. The molecule has 162 valence electrons. The first-order valence-electron chi connectivity index (χ1n) is 10.4. The maximum Gasteiger partial charge on any atom is 0.155 e. The largest absolute Gasteiger partial charge is 0.390 e. The standard InChI is InChI=1S/C22H24ClN5O3/c1-13-19(14-2-3-15-20(18(14)23)25-7-6-24-15)27-16(11-29)21(26-13)28-8-4-22(5-9-28)10-17(30)31-12-22/h2-3,6-7,17,29-30H,4-5,8-12H2,1H3/t17-/m1/s1. The molecule has 0 radical (unpaired) electrons. The van der Waals surface area contributed by atoms with Crippen LogP contribution in [0.1, 0.15) is 30.7 Å². The third-order valence-electron chi connectivity index (χ3n) is 6.42. The van der Waals surface area contributed by atoms with Crippen LogP contribution in [0.25, 0.3) is 22.3 Å². The summed E-state index contributed by atoms with van der Waals surface area (Å²) in [5, 5.41) is 20.3. The third-order valence-corrected chi connectivity index (χ3v) is 6.80. The van der Waals surface area contributed by atoms with Crippen LogP contribution in [0.15, 0.2) is 24.5 Å². The van der Waals surface area contributed by atoms with Crippen LogP contribution in [0.4, 0.5) is 5.82 Å². The fourth-order valence-corrected chi connectivity index (χ4v) is 4.94. The molecule has 0 bridgehead atoms. The quantitative estimate of drug-likeness (QED) is 0.639. The molecule has 2 saturated heterocycles. The highest BCUT2D eigenvalue weighted by Gasteiger charge is 2.42. The van der Waals surface area contributed by atoms with Crippen LogP contribution in [0.5, 0.6) is 0 Å². The average molecular weight is 442 g/mol. The zero-order valence-corrected chi connectivity index (χ0v) is 18.0. The molecule has 2 aromatic heterocycles. The highest BCUT2D eigenvalue weighted by atomic mass is 35.5. The van der Waals surface area contributed by atoms with E-state index >= 15 is 0 Å². The zero-order chi connectivity index (χ0) is 21.6. The van der Waals surface area contributed by atoms with E-state index in [0.717, 1.165) is 37.2 Å². The molecule has 2 fully saturated rings. The predicted molar refractivity (Wildman–Crippen MR) is 117 cm³/mol. The molecule has 2 aliphatic heterocycles. The molecule has 8 nitrogen and oxygen atoms in total. The number of ether oxygens (including phenoxy) is 1. The second kappa shape index (κ2) is 7.94. The summed E-state index contributed by atoms with van der Waals surface area (Å²) in [6.07, 6.45) is 5.08. The molecule has 3 aromatic rings. The van der Waals surface area contributed by atoms with Gasteiger partial charge in [0, 0.05) is 42.9 Å². The Hall–Kier alpha value is -2.39. The summed E-state index contributed by atoms with van der Waals surface area (Å²) in [5.41, 5.74) is 3.97. The minimum atomic E-state index is -0.655. The fourth-order valence-electron chi connectivity index (χ4n) is 4.64. The molecule has 0 aliphatic carbocycles. The lowest BCUT2D eigenvalue weighted by molar-refractivity contribution is -0.0597. The maximum absolute atomic E-state index is 10.1. The number of aryl methyl sites for hydroxylation is 1. The second-order valence-electron chi connectivity index (χ2n) is 8.39. The first-order valence-corrected chi connectivity index (χ1v) is 10.8. The summed E-state index contributed by atoms with van der Waals surface area (Å²) < 4.78 is 5.40. The van der Waals surface area contributed by atoms with Gasteiger partial charge in [-0.25, -0.2) is 9.97 Å². The van der Waals surface area contributed by atoms with Crippen molar-refractivity contribution < 1.29 is 14.9 Å². The highest BCUT2D eigenvalue weighted by molar-refractivity contribution is 6.37. The molecule has 31 heavy (non-hydrogen) atoms. The van der Waals surface area contributed by atoms with Crippen molar-refractivity contribution in [3.05, 3.63) is 40.9 Å². The molecule has 4 heterocycles. The molecule has 2 N–H and O–H groups in total. The molecule has 5 rings (SSSR count). The summed E-state index contributed by atoms with van der Waals surface area (Å²) in [6.45, 7) is 3.84. The van der Waals surface area contributed by atoms with E-state index in [1.165, 1.54) is 0 Å². The van der Waals surface area contributed by atoms with E-state index in [4.69, 9.17) is 26.3 Å². The number of hydrogen-bond donors (Lipinski definition) is 2. The lowest BCUT2D eigenvalue weighted by Gasteiger charge is -2.39. The minimum absolute atomic E-state index is 0.0391. The Bertz CT molecular complexity index is 1130. The molecule has 1 spiro atoms. The van der Waals surface area contributed by atoms with Gasteiger partial charge < -0.3 is 19.8 Å². The smallest absolute Gasteiger partial charge is 0.155 e. The van der Waals surface area contributed by atoms with Crippen molar-refractivity contribution in [3.63, 3.8) is 0 Å². The topological polar surface area (TPSA) is 104 Å². The van der Waals surface area contributed by atoms with Gasteiger partial charge in [0.1, 0.15) is 11.2 Å². The van der Waals surface area contributed by atoms with Crippen LogP contribution in [0.2, 0.25) is 5.02 Å². The Morgan fingerprint density at radius 1 is 1.19 bits per heavy atom. The van der Waals surface area contributed by atoms with Gasteiger partial charge in [-0.15, -0.1) is 0 Å². The van der Waals surface area contributed by atoms with E-state index in [9.17, 15) is 10.2 Å². The van der Waals surface area contributed by atoms with E-state index < -0.39 is 6.29 Å². The lowest BCUT2D eigenvalue weighted by Crippen LogP contribution is -2.41. The minimum Gasteiger partial charge on any atom is -0.390 e. The first-order chi connectivity index (χ1) is 15.0. The van der Waals surface area contributed by atoms with E-state index in [0.29, 0.717) is 46.3 Å². The monoisotopic (exact) mass is 441 g/mol. The number of aliphatic hydroxyl groups excluding tert-OH is 2. The first kappa shape index (κ1) is 20.5. The van der Waals surface area contributed by atoms with Gasteiger partial charge >= 0.3 is 0 Å². The van der Waals surface area contributed by atoms with Crippen LogP contribution in [0, 0.1) is 12.3 Å². The number of hydrogen-bond acceptors (Lipinski definition) is 8. The van der Waals surface area contributed by atoms with Gasteiger partial charge in [0.2, 0.25) is 0 Å². The number of piperidine rings is 1. The Kier molecular flexibility index (Phi) is 5.26. The molecule has 0 unspecified atom stereocenters. The van der Waals surface area contributed by atoms with Crippen molar-refractivity contribution in [2.75, 3.05) is 24.6 Å². The Morgan fingerprint density at radius 2 is 1.97 bits per heavy atom. The number of nitrogens with zero attached hydrogens (tertiary/aromatic N) is 5. The van der Waals surface area contributed by atoms with Crippen LogP contribution < -0.4 is 4.90 Å². The van der Waals surface area contributed by atoms with Gasteiger partial charge in [-0.3, -0.25) is 9.97 Å². The fraction of sp³-hybridized carbons (Fsp3) is 0.455. The summed E-state index contributed by atoms with van der Waals surface area (Å²) >= 11 is 6.64. The second-order valence-corrected chi connectivity index (χ2v) is 8.77. The van der Waals surface area contributed by atoms with Crippen LogP contribution in [0.3, 0.4) is 0 Å². The van der Waals surface area contributed by atoms with Crippen LogP contribution in [-0.4, -0.2) is 56.1 Å². The maximum atomic E-state index is 10.1. The molecule has 0 saturated carbocycles. The molecule has 1 atom stereocenters. The van der Waals surface area contributed by atoms with Gasteiger partial charge in [0.25, 0.3) is 0 Å². The Morgan fingerprint density at radius 3 is 2.68 bits per heavy atom. The number of aromatic nitrogens is 4. The van der Waals surface area contributed by atoms with Crippen molar-refractivity contribution in [3.8, 4) is 11.3 Å². The van der Waals surface area contributed by atoms with Gasteiger partial charge in [-0.2, -0.15) is 0 Å². The van der Waals surface area contributed by atoms with Gasteiger partial charge in [0.05, 0.1) is 35.1 Å². The van der Waals surface area contributed by atoms with E-state index in [1.54, 1.807) is 12.4 Å². The zero-order valence-electron chi connectivity index (χ0n) is 17.3. The molecule has 1 aromatic carbocycles. The predicted octanol–water partition coefficient (Wildman–Crippen LogP) is 2.87. The molecular formula is C22H24ClN5O3. The normalized spacial score (nSPS) is 20.6. The number of aliphatic hydroxyl groups is 2. The number of anilines is 1. The molecular weight excluding hydrogens is 418 g/mol. The summed E-state index contributed by atoms with van der Waals surface area (Å²) in [4.78, 5) is 20.4. The van der Waals surface area contributed by atoms with Crippen molar-refractivity contribution in [2.45, 2.75) is 39.1 Å². The number of benzene rings is 1. The van der Waals surface area contributed by atoms with E-state index in [1.807, 2.05) is 19.1 Å². The Balaban J connectivity index is 1.47. The van der Waals surface area contributed by atoms with Crippen LogP contribution in [-0.2, 0) is 11.3 Å². The molecule has 2 aliphatic rings. The van der Waals surface area contributed by atoms with Gasteiger partial charge in [-0.05, 0) is 31.9 Å². The van der Waals surface area contributed by atoms with Crippen molar-refractivity contribution in [1.82, 2.24) is 19.9 Å². The third kappa shape index (κ3) is 3.63. The highest BCUT2D eigenvalue weighted by Crippen LogP contribution is 2.42. The van der Waals surface area contributed by atoms with Gasteiger partial charge in [0.15, 0.2) is 12.1 Å². The average Bonchev–Trinajstić information content (AvgIpc) is 3.15. The number of fused-ring (bicyclic) bond motifs is 1. The van der Waals surface area contributed by atoms with Crippen LogP contribution >= 0.6 is 11.6 Å². The van der Waals surface area contributed by atoms with Gasteiger partial charge in [-0.1, -0.05) is 11.6 Å². The lowest BCUT2D eigenvalue weighted by atomic mass is 9.77. The van der Waals surface area contributed by atoms with Crippen molar-refractivity contribution in [1.29, 1.82) is 0 Å². The van der Waals surface area contributed by atoms with Crippen molar-refractivity contribution in [2.24, 2.45) is 5.41 Å². The van der Waals surface area contributed by atoms with E-state index in [-0.39, 0.29) is 12.0 Å². The Labute approximate surface area is 184 Å².